The predicted molar refractivity (Wildman–Crippen MR) is 93.2 cm³/mol. The average molecular weight is 358 g/mol. The van der Waals surface area contributed by atoms with Gasteiger partial charge in [0.2, 0.25) is 11.0 Å². The molecule has 9 heteroatoms. The highest BCUT2D eigenvalue weighted by molar-refractivity contribution is 7.13. The van der Waals surface area contributed by atoms with E-state index in [9.17, 15) is 4.79 Å². The topological polar surface area (TPSA) is 97.0 Å². The molecule has 8 nitrogen and oxygen atoms in total. The molecule has 3 rings (SSSR count). The fourth-order valence-corrected chi connectivity index (χ4v) is 2.71. The molecule has 0 saturated carbocycles. The molecule has 0 atom stereocenters. The SMILES string of the molecule is CCc1nc(CN(C)Cc2ccc(C(=O)Nc3nncs3)cc2)no1. The first kappa shape index (κ1) is 17.2. The Hall–Kier alpha value is -2.65. The van der Waals surface area contributed by atoms with Crippen molar-refractivity contribution in [1.82, 2.24) is 25.2 Å². The van der Waals surface area contributed by atoms with Gasteiger partial charge in [-0.2, -0.15) is 4.98 Å². The number of hydrogen-bond acceptors (Lipinski definition) is 8. The van der Waals surface area contributed by atoms with Crippen molar-refractivity contribution in [2.75, 3.05) is 12.4 Å². The van der Waals surface area contributed by atoms with E-state index in [1.54, 1.807) is 17.6 Å². The van der Waals surface area contributed by atoms with E-state index in [1.165, 1.54) is 11.3 Å². The Morgan fingerprint density at radius 1 is 1.28 bits per heavy atom. The molecule has 0 radical (unpaired) electrons. The van der Waals surface area contributed by atoms with Gasteiger partial charge in [-0.15, -0.1) is 10.2 Å². The van der Waals surface area contributed by atoms with Crippen LogP contribution >= 0.6 is 11.3 Å². The lowest BCUT2D eigenvalue weighted by Crippen LogP contribution is -2.18. The summed E-state index contributed by atoms with van der Waals surface area (Å²) in [7, 11) is 1.98. The summed E-state index contributed by atoms with van der Waals surface area (Å²) in [5.74, 6) is 1.12. The zero-order valence-corrected chi connectivity index (χ0v) is 14.8. The molecule has 0 fully saturated rings. The first-order chi connectivity index (χ1) is 12.1. The minimum Gasteiger partial charge on any atom is -0.339 e. The Kier molecular flexibility index (Phi) is 5.46. The first-order valence-electron chi connectivity index (χ1n) is 7.80. The van der Waals surface area contributed by atoms with Crippen LogP contribution in [-0.4, -0.2) is 38.2 Å². The third-order valence-electron chi connectivity index (χ3n) is 3.47. The van der Waals surface area contributed by atoms with Gasteiger partial charge in [-0.3, -0.25) is 15.0 Å². The summed E-state index contributed by atoms with van der Waals surface area (Å²) < 4.78 is 5.11. The maximum absolute atomic E-state index is 12.1. The number of carbonyl (C=O) groups is 1. The smallest absolute Gasteiger partial charge is 0.257 e. The third kappa shape index (κ3) is 4.68. The van der Waals surface area contributed by atoms with Crippen LogP contribution in [0, 0.1) is 0 Å². The van der Waals surface area contributed by atoms with E-state index in [-0.39, 0.29) is 5.91 Å². The summed E-state index contributed by atoms with van der Waals surface area (Å²) in [6, 6.07) is 7.45. The van der Waals surface area contributed by atoms with Crippen LogP contribution in [0.25, 0.3) is 0 Å². The Labute approximate surface area is 148 Å². The highest BCUT2D eigenvalue weighted by atomic mass is 32.1. The van der Waals surface area contributed by atoms with Crippen LogP contribution in [0.1, 0.15) is 34.6 Å². The summed E-state index contributed by atoms with van der Waals surface area (Å²) in [5, 5.41) is 14.6. The van der Waals surface area contributed by atoms with E-state index in [4.69, 9.17) is 4.52 Å². The molecule has 1 amide bonds. The summed E-state index contributed by atoms with van der Waals surface area (Å²) in [6.45, 7) is 3.29. The molecular formula is C16H18N6O2S. The zero-order valence-electron chi connectivity index (χ0n) is 14.0. The Bertz CT molecular complexity index is 816. The van der Waals surface area contributed by atoms with Gasteiger partial charge >= 0.3 is 0 Å². The zero-order chi connectivity index (χ0) is 17.6. The van der Waals surface area contributed by atoms with Crippen LogP contribution in [0.5, 0.6) is 0 Å². The number of rotatable bonds is 7. The minimum absolute atomic E-state index is 0.199. The van der Waals surface area contributed by atoms with E-state index >= 15 is 0 Å². The van der Waals surface area contributed by atoms with Crippen LogP contribution in [-0.2, 0) is 19.5 Å². The molecule has 3 aromatic rings. The molecule has 0 aliphatic rings. The molecule has 0 saturated heterocycles. The molecular weight excluding hydrogens is 340 g/mol. The van der Waals surface area contributed by atoms with Crippen molar-refractivity contribution < 1.29 is 9.32 Å². The van der Waals surface area contributed by atoms with Crippen molar-refractivity contribution in [3.8, 4) is 0 Å². The Morgan fingerprint density at radius 3 is 2.72 bits per heavy atom. The Morgan fingerprint density at radius 2 is 2.08 bits per heavy atom. The number of benzene rings is 1. The van der Waals surface area contributed by atoms with Gasteiger partial charge in [-0.25, -0.2) is 0 Å². The molecule has 25 heavy (non-hydrogen) atoms. The van der Waals surface area contributed by atoms with E-state index in [2.05, 4.69) is 30.6 Å². The van der Waals surface area contributed by atoms with Gasteiger partial charge in [-0.1, -0.05) is 35.5 Å². The number of aromatic nitrogens is 4. The molecule has 0 aliphatic heterocycles. The number of carbonyl (C=O) groups excluding carboxylic acids is 1. The van der Waals surface area contributed by atoms with Gasteiger partial charge in [0.15, 0.2) is 5.82 Å². The van der Waals surface area contributed by atoms with Crippen molar-refractivity contribution in [3.05, 3.63) is 52.6 Å². The molecule has 1 N–H and O–H groups in total. The largest absolute Gasteiger partial charge is 0.339 e. The number of nitrogens with one attached hydrogen (secondary N) is 1. The predicted octanol–water partition coefficient (Wildman–Crippen LogP) is 2.37. The quantitative estimate of drug-likeness (QED) is 0.692. The molecule has 0 unspecified atom stereocenters. The van der Waals surface area contributed by atoms with Gasteiger partial charge in [0.25, 0.3) is 5.91 Å². The van der Waals surface area contributed by atoms with E-state index < -0.39 is 0 Å². The molecule has 1 aromatic carbocycles. The number of hydrogen-bond donors (Lipinski definition) is 1. The molecule has 2 aromatic heterocycles. The third-order valence-corrected chi connectivity index (χ3v) is 4.08. The van der Waals surface area contributed by atoms with Crippen molar-refractivity contribution in [1.29, 1.82) is 0 Å². The highest BCUT2D eigenvalue weighted by Crippen LogP contribution is 2.13. The van der Waals surface area contributed by atoms with E-state index in [0.717, 1.165) is 12.0 Å². The fourth-order valence-electron chi connectivity index (χ4n) is 2.27. The van der Waals surface area contributed by atoms with Crippen LogP contribution in [0.4, 0.5) is 5.13 Å². The lowest BCUT2D eigenvalue weighted by Gasteiger charge is -2.14. The lowest BCUT2D eigenvalue weighted by molar-refractivity contribution is 0.102. The van der Waals surface area contributed by atoms with E-state index in [1.807, 2.05) is 26.1 Å². The van der Waals surface area contributed by atoms with Crippen molar-refractivity contribution >= 4 is 22.4 Å². The second kappa shape index (κ2) is 7.95. The van der Waals surface area contributed by atoms with Gasteiger partial charge in [-0.05, 0) is 24.7 Å². The normalized spacial score (nSPS) is 11.0. The van der Waals surface area contributed by atoms with Gasteiger partial charge in [0.05, 0.1) is 6.54 Å². The maximum atomic E-state index is 12.1. The molecule has 0 bridgehead atoms. The van der Waals surface area contributed by atoms with Gasteiger partial charge in [0, 0.05) is 18.5 Å². The Balaban J connectivity index is 1.55. The standard InChI is InChI=1S/C16H18N6O2S/c1-3-14-18-13(21-24-14)9-22(2)8-11-4-6-12(7-5-11)15(23)19-16-20-17-10-25-16/h4-7,10H,3,8-9H2,1-2H3,(H,19,20,23). The van der Waals surface area contributed by atoms with E-state index in [0.29, 0.717) is 35.5 Å². The summed E-state index contributed by atoms with van der Waals surface area (Å²) in [6.07, 6.45) is 0.733. The number of nitrogens with zero attached hydrogens (tertiary/aromatic N) is 5. The number of amides is 1. The van der Waals surface area contributed by atoms with Crippen molar-refractivity contribution in [2.45, 2.75) is 26.4 Å². The summed E-state index contributed by atoms with van der Waals surface area (Å²) in [5.41, 5.74) is 3.24. The second-order valence-corrected chi connectivity index (χ2v) is 6.36. The van der Waals surface area contributed by atoms with Crippen LogP contribution in [0.3, 0.4) is 0 Å². The molecule has 0 aliphatic carbocycles. The molecule has 0 spiro atoms. The number of aryl methyl sites for hydroxylation is 1. The fraction of sp³-hybridized carbons (Fsp3) is 0.312. The van der Waals surface area contributed by atoms with Crippen LogP contribution < -0.4 is 5.32 Å². The average Bonchev–Trinajstić information content (AvgIpc) is 3.27. The van der Waals surface area contributed by atoms with Crippen molar-refractivity contribution in [3.63, 3.8) is 0 Å². The molecule has 2 heterocycles. The molecule has 130 valence electrons. The summed E-state index contributed by atoms with van der Waals surface area (Å²) >= 11 is 1.28. The summed E-state index contributed by atoms with van der Waals surface area (Å²) in [4.78, 5) is 18.5. The first-order valence-corrected chi connectivity index (χ1v) is 8.68. The lowest BCUT2D eigenvalue weighted by atomic mass is 10.1. The van der Waals surface area contributed by atoms with Crippen LogP contribution in [0.15, 0.2) is 34.3 Å². The van der Waals surface area contributed by atoms with Crippen molar-refractivity contribution in [2.24, 2.45) is 0 Å². The number of anilines is 1. The van der Waals surface area contributed by atoms with Gasteiger partial charge in [0.1, 0.15) is 5.51 Å². The van der Waals surface area contributed by atoms with Gasteiger partial charge < -0.3 is 4.52 Å². The minimum atomic E-state index is -0.199. The monoisotopic (exact) mass is 358 g/mol. The van der Waals surface area contributed by atoms with Crippen LogP contribution in [0.2, 0.25) is 0 Å². The second-order valence-electron chi connectivity index (χ2n) is 5.53. The maximum Gasteiger partial charge on any atom is 0.257 e. The highest BCUT2D eigenvalue weighted by Gasteiger charge is 2.10.